The van der Waals surface area contributed by atoms with E-state index in [2.05, 4.69) is 28.6 Å². The lowest BCUT2D eigenvalue weighted by atomic mass is 9.82. The molecule has 0 saturated heterocycles. The number of carboxylic acids is 2. The van der Waals surface area contributed by atoms with Crippen LogP contribution in [0.1, 0.15) is 72.6 Å². The molecular formula is C29H39N3O11S. The number of ether oxygens (including phenoxy) is 2. The molecule has 3 atom stereocenters. The Kier molecular flexibility index (Phi) is 14.1. The number of fused-ring (bicyclic) bond motifs is 1. The second-order valence-corrected chi connectivity index (χ2v) is 10.4. The number of unbranched alkanes of at least 4 members (excludes halogenated alkanes) is 3. The van der Waals surface area contributed by atoms with E-state index in [1.807, 2.05) is 6.92 Å². The van der Waals surface area contributed by atoms with Crippen LogP contribution in [0.4, 0.5) is 0 Å². The van der Waals surface area contributed by atoms with Crippen molar-refractivity contribution >= 4 is 47.9 Å². The topological polar surface area (TPSA) is 218 Å². The Morgan fingerprint density at radius 2 is 1.52 bits per heavy atom. The number of aliphatic hydroxyl groups is 1. The van der Waals surface area contributed by atoms with Crippen LogP contribution in [0.5, 0.6) is 11.5 Å². The molecule has 14 nitrogen and oxygen atoms in total. The number of aliphatic carboxylic acids is 2. The van der Waals surface area contributed by atoms with E-state index in [1.54, 1.807) is 0 Å². The van der Waals surface area contributed by atoms with Gasteiger partial charge in [-0.3, -0.25) is 24.0 Å². The van der Waals surface area contributed by atoms with Gasteiger partial charge in [0.1, 0.15) is 30.1 Å². The summed E-state index contributed by atoms with van der Waals surface area (Å²) in [4.78, 5) is 75.4. The van der Waals surface area contributed by atoms with Gasteiger partial charge < -0.3 is 40.7 Å². The molecule has 1 aliphatic rings. The number of thiol groups is 1. The minimum Gasteiger partial charge on any atom is -0.496 e. The van der Waals surface area contributed by atoms with Crippen LogP contribution in [0.15, 0.2) is 23.4 Å². The number of ketones is 2. The van der Waals surface area contributed by atoms with Gasteiger partial charge in [0.05, 0.1) is 42.7 Å². The van der Waals surface area contributed by atoms with Gasteiger partial charge in [-0.25, -0.2) is 4.79 Å². The Balaban J connectivity index is 2.39. The minimum absolute atomic E-state index is 0.0418. The monoisotopic (exact) mass is 637 g/mol. The van der Waals surface area contributed by atoms with Crippen molar-refractivity contribution in [2.45, 2.75) is 70.1 Å². The van der Waals surface area contributed by atoms with Crippen molar-refractivity contribution in [3.8, 4) is 11.5 Å². The molecule has 0 saturated carbocycles. The summed E-state index contributed by atoms with van der Waals surface area (Å²) in [5, 5.41) is 36.9. The highest BCUT2D eigenvalue weighted by Crippen LogP contribution is 2.39. The van der Waals surface area contributed by atoms with E-state index in [9.17, 15) is 39.0 Å². The number of carboxylic acid groups (broad SMARTS) is 2. The summed E-state index contributed by atoms with van der Waals surface area (Å²) in [6, 6.07) is 0.125. The van der Waals surface area contributed by atoms with E-state index in [1.165, 1.54) is 26.4 Å². The van der Waals surface area contributed by atoms with Crippen LogP contribution in [0.2, 0.25) is 0 Å². The molecule has 0 bridgehead atoms. The Morgan fingerprint density at radius 1 is 0.909 bits per heavy atom. The first-order chi connectivity index (χ1) is 20.9. The van der Waals surface area contributed by atoms with Gasteiger partial charge in [-0.1, -0.05) is 32.6 Å². The number of nitrogens with one attached hydrogen (secondary N) is 3. The van der Waals surface area contributed by atoms with Crippen molar-refractivity contribution in [2.24, 2.45) is 0 Å². The highest BCUT2D eigenvalue weighted by atomic mass is 32.1. The van der Waals surface area contributed by atoms with Gasteiger partial charge in [-0.2, -0.15) is 12.6 Å². The molecule has 1 aliphatic carbocycles. The van der Waals surface area contributed by atoms with Crippen molar-refractivity contribution in [2.75, 3.05) is 26.5 Å². The molecule has 1 aromatic rings. The lowest BCUT2D eigenvalue weighted by Gasteiger charge is -2.28. The first-order valence-electron chi connectivity index (χ1n) is 14.1. The van der Waals surface area contributed by atoms with E-state index in [0.717, 1.165) is 19.3 Å². The molecule has 15 heteroatoms. The summed E-state index contributed by atoms with van der Waals surface area (Å²) in [6.07, 6.45) is 1.06. The lowest BCUT2D eigenvalue weighted by molar-refractivity contribution is -0.139. The normalized spacial score (nSPS) is 14.7. The number of aliphatic hydroxyl groups excluding tert-OH is 1. The van der Waals surface area contributed by atoms with Gasteiger partial charge in [0.2, 0.25) is 17.6 Å². The van der Waals surface area contributed by atoms with Crippen molar-refractivity contribution < 1.29 is 53.6 Å². The van der Waals surface area contributed by atoms with Crippen LogP contribution >= 0.6 is 12.6 Å². The highest BCUT2D eigenvalue weighted by molar-refractivity contribution is 7.80. The van der Waals surface area contributed by atoms with Gasteiger partial charge in [-0.05, 0) is 25.0 Å². The van der Waals surface area contributed by atoms with E-state index in [4.69, 9.17) is 14.6 Å². The molecule has 242 valence electrons. The molecule has 6 N–H and O–H groups in total. The fourth-order valence-electron chi connectivity index (χ4n) is 4.67. The predicted molar refractivity (Wildman–Crippen MR) is 160 cm³/mol. The maximum Gasteiger partial charge on any atom is 0.326 e. The average Bonchev–Trinajstić information content (AvgIpc) is 2.99. The largest absolute Gasteiger partial charge is 0.496 e. The van der Waals surface area contributed by atoms with Crippen LogP contribution in [0.25, 0.3) is 0 Å². The first-order valence-corrected chi connectivity index (χ1v) is 14.7. The zero-order chi connectivity index (χ0) is 33.0. The number of rotatable bonds is 19. The Morgan fingerprint density at radius 3 is 2.05 bits per heavy atom. The standard InChI is InChI=1S/C29H39N3O11S/c1-4-5-6-7-8-17(33)22-25(27(38)24-19(43-3)11-10-18(42-2)23(24)26(22)37)32-15(29(40)41)9-12-20(34)31-16(14-44)28(39)30-13-21(35)36/h10-11,15-17,32-33,44H,4-9,12-14H2,1-3H3,(H,30,39)(H,31,34)(H,35,36)(H,40,41)/t15-,16-,17?/m0/s1. The first kappa shape index (κ1) is 36.1. The summed E-state index contributed by atoms with van der Waals surface area (Å²) in [5.41, 5.74) is -1.01. The second kappa shape index (κ2) is 17.3. The van der Waals surface area contributed by atoms with Gasteiger partial charge in [0, 0.05) is 12.2 Å². The van der Waals surface area contributed by atoms with Crippen molar-refractivity contribution in [1.82, 2.24) is 16.0 Å². The van der Waals surface area contributed by atoms with Crippen LogP contribution in [-0.2, 0) is 19.2 Å². The number of hydrogen-bond acceptors (Lipinski definition) is 11. The smallest absolute Gasteiger partial charge is 0.326 e. The fourth-order valence-corrected chi connectivity index (χ4v) is 4.93. The number of methoxy groups -OCH3 is 2. The maximum absolute atomic E-state index is 13.9. The molecule has 0 radical (unpaired) electrons. The van der Waals surface area contributed by atoms with Gasteiger partial charge in [0.15, 0.2) is 5.78 Å². The van der Waals surface area contributed by atoms with Crippen LogP contribution in [0.3, 0.4) is 0 Å². The van der Waals surface area contributed by atoms with Gasteiger partial charge in [0.25, 0.3) is 0 Å². The van der Waals surface area contributed by atoms with Gasteiger partial charge >= 0.3 is 11.9 Å². The molecule has 44 heavy (non-hydrogen) atoms. The van der Waals surface area contributed by atoms with Crippen molar-refractivity contribution in [3.05, 3.63) is 34.5 Å². The Bertz CT molecular complexity index is 1300. The number of amides is 2. The van der Waals surface area contributed by atoms with E-state index >= 15 is 0 Å². The molecule has 0 aliphatic heterocycles. The number of carbonyl (C=O) groups is 6. The average molecular weight is 638 g/mol. The molecule has 1 aromatic carbocycles. The van der Waals surface area contributed by atoms with E-state index in [-0.39, 0.29) is 46.8 Å². The third kappa shape index (κ3) is 9.19. The Hall–Kier alpha value is -4.11. The molecule has 0 spiro atoms. The highest BCUT2D eigenvalue weighted by Gasteiger charge is 2.41. The molecule has 1 unspecified atom stereocenters. The van der Waals surface area contributed by atoms with Crippen LogP contribution in [-0.4, -0.2) is 95.3 Å². The number of benzene rings is 1. The third-order valence-electron chi connectivity index (χ3n) is 6.95. The van der Waals surface area contributed by atoms with Crippen molar-refractivity contribution in [3.63, 3.8) is 0 Å². The number of hydrogen-bond donors (Lipinski definition) is 7. The lowest BCUT2D eigenvalue weighted by Crippen LogP contribution is -2.49. The fraction of sp³-hybridized carbons (Fsp3) is 0.517. The predicted octanol–water partition coefficient (Wildman–Crippen LogP) is 1.11. The van der Waals surface area contributed by atoms with E-state index in [0.29, 0.717) is 6.42 Å². The summed E-state index contributed by atoms with van der Waals surface area (Å²) >= 11 is 3.99. The van der Waals surface area contributed by atoms with Crippen LogP contribution in [0, 0.1) is 0 Å². The second-order valence-electron chi connectivity index (χ2n) is 10.0. The summed E-state index contributed by atoms with van der Waals surface area (Å²) < 4.78 is 10.6. The molecule has 0 aromatic heterocycles. The van der Waals surface area contributed by atoms with Crippen LogP contribution < -0.4 is 25.4 Å². The summed E-state index contributed by atoms with van der Waals surface area (Å²) in [7, 11) is 2.62. The Labute approximate surface area is 260 Å². The minimum atomic E-state index is -1.57. The number of carbonyl (C=O) groups excluding carboxylic acids is 4. The molecule has 0 heterocycles. The SMILES string of the molecule is CCCCCCC(O)C1=C(N[C@@H](CCC(=O)N[C@@H](CS)C(=O)NCC(=O)O)C(=O)O)C(=O)c2c(OC)ccc(OC)c2C1=O. The van der Waals surface area contributed by atoms with Crippen molar-refractivity contribution in [1.29, 1.82) is 0 Å². The number of allylic oxidation sites excluding steroid dienone is 1. The summed E-state index contributed by atoms with van der Waals surface area (Å²) in [5.74, 6) is -5.83. The molecular weight excluding hydrogens is 598 g/mol. The zero-order valence-corrected chi connectivity index (χ0v) is 25.7. The number of Topliss-reactive ketones (excluding diaryl/α,β-unsaturated/α-hetero) is 2. The van der Waals surface area contributed by atoms with E-state index < -0.39 is 72.2 Å². The zero-order valence-electron chi connectivity index (χ0n) is 24.8. The molecule has 0 fully saturated rings. The third-order valence-corrected chi connectivity index (χ3v) is 7.32. The quantitative estimate of drug-likeness (QED) is 0.0838. The maximum atomic E-state index is 13.9. The molecule has 2 rings (SSSR count). The molecule has 2 amide bonds. The van der Waals surface area contributed by atoms with Gasteiger partial charge in [-0.15, -0.1) is 0 Å². The summed E-state index contributed by atoms with van der Waals surface area (Å²) in [6.45, 7) is 1.35.